The number of halogens is 5. The molecule has 3 rings (SSSR count). The second-order valence-electron chi connectivity index (χ2n) is 5.99. The van der Waals surface area contributed by atoms with Gasteiger partial charge >= 0.3 is 12.1 Å². The van der Waals surface area contributed by atoms with Crippen LogP contribution < -0.4 is 0 Å². The number of nitrogens with one attached hydrogen (secondary N) is 1. The number of nitrogens with zero attached hydrogens (tertiary/aromatic N) is 2. The highest BCUT2D eigenvalue weighted by atomic mass is 35.5. The highest BCUT2D eigenvalue weighted by molar-refractivity contribution is 6.42. The molecule has 0 aliphatic heterocycles. The van der Waals surface area contributed by atoms with Crippen LogP contribution in [0.4, 0.5) is 13.2 Å². The van der Waals surface area contributed by atoms with Crippen molar-refractivity contribution in [3.63, 3.8) is 0 Å². The molecule has 1 atom stereocenters. The molecule has 152 valence electrons. The molecule has 3 aromatic rings. The van der Waals surface area contributed by atoms with Crippen LogP contribution in [0.1, 0.15) is 23.0 Å². The van der Waals surface area contributed by atoms with Gasteiger partial charge in [-0.05, 0) is 23.3 Å². The Morgan fingerprint density at radius 1 is 1.14 bits per heavy atom. The Bertz CT molecular complexity index is 967. The number of hydrogen-bond donors (Lipinski definition) is 1. The Labute approximate surface area is 174 Å². The summed E-state index contributed by atoms with van der Waals surface area (Å²) in [6.45, 7) is -0.195. The third-order valence-electron chi connectivity index (χ3n) is 3.94. The monoisotopic (exact) mass is 443 g/mol. The first-order valence-electron chi connectivity index (χ1n) is 8.29. The van der Waals surface area contributed by atoms with Gasteiger partial charge in [0, 0.05) is 12.4 Å². The molecule has 10 heteroatoms. The lowest BCUT2D eigenvalue weighted by Gasteiger charge is -2.29. The molecule has 0 amide bonds. The molecule has 1 heterocycles. The van der Waals surface area contributed by atoms with Gasteiger partial charge in [0.2, 0.25) is 0 Å². The van der Waals surface area contributed by atoms with Gasteiger partial charge in [-0.3, -0.25) is 0 Å². The number of benzene rings is 2. The molecule has 0 bridgehead atoms. The molecule has 1 unspecified atom stereocenters. The van der Waals surface area contributed by atoms with E-state index >= 15 is 0 Å². The number of imidazole rings is 1. The van der Waals surface area contributed by atoms with Gasteiger partial charge in [-0.1, -0.05) is 59.6 Å². The van der Waals surface area contributed by atoms with Gasteiger partial charge in [0.25, 0.3) is 0 Å². The van der Waals surface area contributed by atoms with Gasteiger partial charge < -0.3 is 9.82 Å². The molecule has 0 aliphatic carbocycles. The summed E-state index contributed by atoms with van der Waals surface area (Å²) in [5.74, 6) is -2.05. The van der Waals surface area contributed by atoms with Crippen LogP contribution in [-0.4, -0.2) is 27.2 Å². The molecule has 0 aliphatic rings. The fraction of sp³-hybridized carbons (Fsp3) is 0.158. The van der Waals surface area contributed by atoms with Crippen LogP contribution >= 0.6 is 23.2 Å². The Hall–Kier alpha value is -2.55. The van der Waals surface area contributed by atoms with Crippen molar-refractivity contribution in [2.24, 2.45) is 0 Å². The maximum Gasteiger partial charge on any atom is 0.492 e. The SMILES string of the molecule is O=C(ON(Cc1ccc(Cl)c(Cl)c1)C(c1ccccc1)c1ncc[nH]1)C(F)(F)F. The number of alkyl halides is 3. The molecule has 5 nitrogen and oxygen atoms in total. The van der Waals surface area contributed by atoms with Crippen LogP contribution in [0.25, 0.3) is 0 Å². The fourth-order valence-electron chi connectivity index (χ4n) is 2.68. The van der Waals surface area contributed by atoms with Crippen molar-refractivity contribution in [3.8, 4) is 0 Å². The number of aromatic nitrogens is 2. The van der Waals surface area contributed by atoms with E-state index in [1.807, 2.05) is 0 Å². The second-order valence-corrected chi connectivity index (χ2v) is 6.80. The molecule has 0 radical (unpaired) electrons. The fourth-order valence-corrected chi connectivity index (χ4v) is 3.00. The summed E-state index contributed by atoms with van der Waals surface area (Å²) in [4.78, 5) is 23.4. The minimum Gasteiger partial charge on any atom is -0.359 e. The quantitative estimate of drug-likeness (QED) is 0.523. The van der Waals surface area contributed by atoms with Crippen molar-refractivity contribution in [2.45, 2.75) is 18.8 Å². The van der Waals surface area contributed by atoms with E-state index in [1.165, 1.54) is 24.5 Å². The molecule has 0 saturated heterocycles. The number of hydrogen-bond acceptors (Lipinski definition) is 4. The summed E-state index contributed by atoms with van der Waals surface area (Å²) in [7, 11) is 0. The van der Waals surface area contributed by atoms with E-state index in [0.717, 1.165) is 5.06 Å². The maximum atomic E-state index is 12.9. The molecule has 2 aromatic carbocycles. The van der Waals surface area contributed by atoms with E-state index in [-0.39, 0.29) is 11.6 Å². The van der Waals surface area contributed by atoms with Crippen LogP contribution in [-0.2, 0) is 16.2 Å². The van der Waals surface area contributed by atoms with Crippen molar-refractivity contribution in [3.05, 3.63) is 87.9 Å². The lowest BCUT2D eigenvalue weighted by Crippen LogP contribution is -2.37. The number of aromatic amines is 1. The topological polar surface area (TPSA) is 58.2 Å². The van der Waals surface area contributed by atoms with E-state index < -0.39 is 18.2 Å². The zero-order valence-corrected chi connectivity index (χ0v) is 16.2. The third-order valence-corrected chi connectivity index (χ3v) is 4.67. The van der Waals surface area contributed by atoms with Crippen molar-refractivity contribution < 1.29 is 22.8 Å². The third kappa shape index (κ3) is 5.29. The second kappa shape index (κ2) is 8.86. The number of hydroxylamine groups is 2. The largest absolute Gasteiger partial charge is 0.492 e. The van der Waals surface area contributed by atoms with Gasteiger partial charge in [-0.15, -0.1) is 5.06 Å². The minimum atomic E-state index is -5.17. The van der Waals surface area contributed by atoms with Crippen LogP contribution in [0.15, 0.2) is 60.9 Å². The van der Waals surface area contributed by atoms with E-state index in [9.17, 15) is 18.0 Å². The standard InChI is InChI=1S/C19H14Cl2F3N3O2/c20-14-7-6-12(10-15(14)21)11-27(29-18(28)19(22,23)24)16(17-25-8-9-26-17)13-4-2-1-3-5-13/h1-10,16H,11H2,(H,25,26). The smallest absolute Gasteiger partial charge is 0.359 e. The van der Waals surface area contributed by atoms with E-state index in [1.54, 1.807) is 36.4 Å². The maximum absolute atomic E-state index is 12.9. The average molecular weight is 444 g/mol. The number of H-pyrrole nitrogens is 1. The van der Waals surface area contributed by atoms with Crippen LogP contribution in [0.2, 0.25) is 10.0 Å². The lowest BCUT2D eigenvalue weighted by atomic mass is 10.1. The molecule has 0 saturated carbocycles. The first-order valence-corrected chi connectivity index (χ1v) is 9.05. The van der Waals surface area contributed by atoms with E-state index in [0.29, 0.717) is 22.0 Å². The van der Waals surface area contributed by atoms with Gasteiger partial charge in [0.15, 0.2) is 0 Å². The van der Waals surface area contributed by atoms with Gasteiger partial charge in [0.05, 0.1) is 16.6 Å². The van der Waals surface area contributed by atoms with Crippen LogP contribution in [0.3, 0.4) is 0 Å². The number of carbonyl (C=O) groups excluding carboxylic acids is 1. The summed E-state index contributed by atoms with van der Waals surface area (Å²) >= 11 is 11.9. The zero-order valence-electron chi connectivity index (χ0n) is 14.7. The van der Waals surface area contributed by atoms with Crippen molar-refractivity contribution in [2.75, 3.05) is 0 Å². The molecule has 0 fully saturated rings. The molecule has 0 spiro atoms. The van der Waals surface area contributed by atoms with E-state index in [4.69, 9.17) is 28.0 Å². The summed E-state index contributed by atoms with van der Waals surface area (Å²) in [6, 6.07) is 12.2. The van der Waals surface area contributed by atoms with Gasteiger partial charge in [-0.2, -0.15) is 13.2 Å². The highest BCUT2D eigenvalue weighted by Gasteiger charge is 2.44. The first-order chi connectivity index (χ1) is 13.8. The predicted molar refractivity (Wildman–Crippen MR) is 101 cm³/mol. The molecule has 1 aromatic heterocycles. The summed E-state index contributed by atoms with van der Waals surface area (Å²) < 4.78 is 38.7. The Morgan fingerprint density at radius 2 is 1.86 bits per heavy atom. The molecular formula is C19H14Cl2F3N3O2. The normalized spacial score (nSPS) is 12.8. The van der Waals surface area contributed by atoms with Crippen LogP contribution in [0.5, 0.6) is 0 Å². The van der Waals surface area contributed by atoms with Crippen molar-refractivity contribution in [1.29, 1.82) is 0 Å². The molecular weight excluding hydrogens is 430 g/mol. The van der Waals surface area contributed by atoms with Crippen LogP contribution in [0, 0.1) is 0 Å². The van der Waals surface area contributed by atoms with Gasteiger partial charge in [-0.25, -0.2) is 9.78 Å². The Balaban J connectivity index is 2.03. The minimum absolute atomic E-state index is 0.195. The van der Waals surface area contributed by atoms with Crippen molar-refractivity contribution >= 4 is 29.2 Å². The Kier molecular flexibility index (Phi) is 6.46. The number of carbonyl (C=O) groups is 1. The zero-order chi connectivity index (χ0) is 21.0. The first kappa shape index (κ1) is 21.2. The van der Waals surface area contributed by atoms with Crippen molar-refractivity contribution in [1.82, 2.24) is 15.0 Å². The molecule has 29 heavy (non-hydrogen) atoms. The summed E-state index contributed by atoms with van der Waals surface area (Å²) in [6.07, 6.45) is -2.19. The average Bonchev–Trinajstić information content (AvgIpc) is 3.19. The highest BCUT2D eigenvalue weighted by Crippen LogP contribution is 2.31. The Morgan fingerprint density at radius 3 is 2.45 bits per heavy atom. The summed E-state index contributed by atoms with van der Waals surface area (Å²) in [5.41, 5.74) is 1.05. The molecule has 1 N–H and O–H groups in total. The van der Waals surface area contributed by atoms with E-state index in [2.05, 4.69) is 9.97 Å². The predicted octanol–water partition coefficient (Wildman–Crippen LogP) is 5.33. The number of rotatable bonds is 6. The lowest BCUT2D eigenvalue weighted by molar-refractivity contribution is -0.247. The summed E-state index contributed by atoms with van der Waals surface area (Å²) in [5, 5.41) is 1.42. The van der Waals surface area contributed by atoms with Gasteiger partial charge in [0.1, 0.15) is 11.9 Å².